The first-order valence-corrected chi connectivity index (χ1v) is 2.86. The second-order valence-corrected chi connectivity index (χ2v) is 1.86. The van der Waals surface area contributed by atoms with Crippen LogP contribution in [0.25, 0.3) is 0 Å². The minimum absolute atomic E-state index is 0.00366. The number of nitrogens with one attached hydrogen (secondary N) is 1. The van der Waals surface area contributed by atoms with E-state index >= 15 is 0 Å². The zero-order chi connectivity index (χ0) is 8.27. The average Bonchev–Trinajstić information content (AvgIpc) is 2.36. The molecule has 0 amide bonds. The van der Waals surface area contributed by atoms with Crippen molar-refractivity contribution in [3.05, 3.63) is 22.0 Å². The second kappa shape index (κ2) is 2.91. The zero-order valence-corrected chi connectivity index (χ0v) is 5.48. The third-order valence-corrected chi connectivity index (χ3v) is 1.18. The average molecular weight is 155 g/mol. The van der Waals surface area contributed by atoms with E-state index in [1.165, 1.54) is 0 Å². The molecule has 11 heavy (non-hydrogen) atoms. The molecule has 6 nitrogen and oxygen atoms in total. The lowest BCUT2D eigenvalue weighted by molar-refractivity contribution is -0.385. The van der Waals surface area contributed by atoms with Crippen LogP contribution in [0.1, 0.15) is 5.69 Å². The summed E-state index contributed by atoms with van der Waals surface area (Å²) in [6.45, 7) is 0. The van der Waals surface area contributed by atoms with Crippen LogP contribution < -0.4 is 0 Å². The van der Waals surface area contributed by atoms with Crippen molar-refractivity contribution in [1.82, 2.24) is 10.2 Å². The van der Waals surface area contributed by atoms with Crippen molar-refractivity contribution in [2.75, 3.05) is 0 Å². The first kappa shape index (κ1) is 7.39. The molecule has 6 heteroatoms. The SMILES string of the molecule is O=CCc1[nH]ncc1[N+](=O)[O-]. The van der Waals surface area contributed by atoms with Crippen LogP contribution in [-0.2, 0) is 11.2 Å². The Morgan fingerprint density at radius 1 is 1.82 bits per heavy atom. The van der Waals surface area contributed by atoms with E-state index in [0.29, 0.717) is 6.29 Å². The monoisotopic (exact) mass is 155 g/mol. The van der Waals surface area contributed by atoms with Crippen LogP contribution in [0.15, 0.2) is 6.20 Å². The van der Waals surface area contributed by atoms with Gasteiger partial charge in [-0.05, 0) is 0 Å². The number of nitrogens with zero attached hydrogens (tertiary/aromatic N) is 2. The molecule has 1 N–H and O–H groups in total. The molecule has 1 aromatic heterocycles. The van der Waals surface area contributed by atoms with Crippen LogP contribution in [0.3, 0.4) is 0 Å². The third-order valence-electron chi connectivity index (χ3n) is 1.18. The van der Waals surface area contributed by atoms with E-state index in [4.69, 9.17) is 0 Å². The fourth-order valence-corrected chi connectivity index (χ4v) is 0.697. The molecule has 1 heterocycles. The number of hydrogen-bond donors (Lipinski definition) is 1. The molecule has 0 radical (unpaired) electrons. The van der Waals surface area contributed by atoms with Gasteiger partial charge in [0.1, 0.15) is 18.2 Å². The normalized spacial score (nSPS) is 9.45. The van der Waals surface area contributed by atoms with Crippen LogP contribution in [0, 0.1) is 10.1 Å². The Balaban J connectivity index is 2.95. The van der Waals surface area contributed by atoms with E-state index in [-0.39, 0.29) is 17.8 Å². The number of carbonyl (C=O) groups is 1. The number of rotatable bonds is 3. The summed E-state index contributed by atoms with van der Waals surface area (Å²) in [6, 6.07) is 0. The molecule has 1 rings (SSSR count). The Labute approximate surface area is 61.4 Å². The molecule has 58 valence electrons. The Kier molecular flexibility index (Phi) is 1.95. The highest BCUT2D eigenvalue weighted by Crippen LogP contribution is 2.13. The van der Waals surface area contributed by atoms with Gasteiger partial charge in [0.15, 0.2) is 0 Å². The van der Waals surface area contributed by atoms with E-state index in [2.05, 4.69) is 10.2 Å². The summed E-state index contributed by atoms with van der Waals surface area (Å²) in [5, 5.41) is 16.0. The molecule has 0 aliphatic carbocycles. The molecule has 0 atom stereocenters. The number of aldehydes is 1. The largest absolute Gasteiger partial charge is 0.310 e. The number of nitro groups is 1. The van der Waals surface area contributed by atoms with Crippen molar-refractivity contribution < 1.29 is 9.72 Å². The van der Waals surface area contributed by atoms with E-state index in [0.717, 1.165) is 6.20 Å². The summed E-state index contributed by atoms with van der Waals surface area (Å²) in [5.41, 5.74) is 0.0992. The van der Waals surface area contributed by atoms with Gasteiger partial charge in [-0.25, -0.2) is 0 Å². The van der Waals surface area contributed by atoms with Crippen LogP contribution in [-0.4, -0.2) is 21.4 Å². The number of aromatic nitrogens is 2. The predicted octanol–water partition coefficient (Wildman–Crippen LogP) is 0.0593. The number of hydrogen-bond acceptors (Lipinski definition) is 4. The maximum atomic E-state index is 10.2. The van der Waals surface area contributed by atoms with Gasteiger partial charge in [0, 0.05) is 0 Å². The minimum Gasteiger partial charge on any atom is -0.303 e. The maximum Gasteiger partial charge on any atom is 0.310 e. The van der Waals surface area contributed by atoms with Crippen LogP contribution in [0.4, 0.5) is 5.69 Å². The Hall–Kier alpha value is -1.72. The first-order chi connectivity index (χ1) is 5.25. The zero-order valence-electron chi connectivity index (χ0n) is 5.48. The Bertz CT molecular complexity index is 280. The second-order valence-electron chi connectivity index (χ2n) is 1.86. The van der Waals surface area contributed by atoms with E-state index < -0.39 is 4.92 Å². The summed E-state index contributed by atoms with van der Waals surface area (Å²) < 4.78 is 0. The topological polar surface area (TPSA) is 88.9 Å². The van der Waals surface area contributed by atoms with Crippen molar-refractivity contribution in [3.63, 3.8) is 0 Å². The molecule has 0 aromatic carbocycles. The highest BCUT2D eigenvalue weighted by molar-refractivity contribution is 5.56. The molecule has 1 aromatic rings. The van der Waals surface area contributed by atoms with Crippen molar-refractivity contribution >= 4 is 12.0 Å². The molecule has 0 bridgehead atoms. The van der Waals surface area contributed by atoms with Gasteiger partial charge in [-0.3, -0.25) is 15.2 Å². The summed E-state index contributed by atoms with van der Waals surface area (Å²) in [6.07, 6.45) is 1.66. The molecule has 0 spiro atoms. The molecular weight excluding hydrogens is 150 g/mol. The molecule has 0 saturated carbocycles. The van der Waals surface area contributed by atoms with Gasteiger partial charge in [-0.15, -0.1) is 0 Å². The molecule has 0 aliphatic heterocycles. The van der Waals surface area contributed by atoms with Crippen molar-refractivity contribution in [1.29, 1.82) is 0 Å². The van der Waals surface area contributed by atoms with Gasteiger partial charge in [0.25, 0.3) is 0 Å². The predicted molar refractivity (Wildman–Crippen MR) is 35.0 cm³/mol. The minimum atomic E-state index is -0.581. The number of carbonyl (C=O) groups excluding carboxylic acids is 1. The molecule has 0 aliphatic rings. The van der Waals surface area contributed by atoms with Crippen molar-refractivity contribution in [3.8, 4) is 0 Å². The van der Waals surface area contributed by atoms with Gasteiger partial charge in [-0.1, -0.05) is 0 Å². The Morgan fingerprint density at radius 2 is 2.55 bits per heavy atom. The summed E-state index contributed by atoms with van der Waals surface area (Å²) >= 11 is 0. The molecular formula is C5H5N3O3. The van der Waals surface area contributed by atoms with Crippen molar-refractivity contribution in [2.24, 2.45) is 0 Å². The van der Waals surface area contributed by atoms with Gasteiger partial charge >= 0.3 is 5.69 Å². The molecule has 0 saturated heterocycles. The molecule has 0 fully saturated rings. The third kappa shape index (κ3) is 1.40. The van der Waals surface area contributed by atoms with Gasteiger partial charge in [-0.2, -0.15) is 5.10 Å². The first-order valence-electron chi connectivity index (χ1n) is 2.86. The lowest BCUT2D eigenvalue weighted by Gasteiger charge is -1.86. The van der Waals surface area contributed by atoms with Crippen molar-refractivity contribution in [2.45, 2.75) is 6.42 Å². The standard InChI is InChI=1S/C5H5N3O3/c9-2-1-4-5(8(10)11)3-6-7-4/h2-3H,1H2,(H,6,7). The quantitative estimate of drug-likeness (QED) is 0.379. The summed E-state index contributed by atoms with van der Waals surface area (Å²) in [5.74, 6) is 0. The lowest BCUT2D eigenvalue weighted by atomic mass is 10.3. The summed E-state index contributed by atoms with van der Waals surface area (Å²) in [7, 11) is 0. The maximum absolute atomic E-state index is 10.2. The Morgan fingerprint density at radius 3 is 3.09 bits per heavy atom. The van der Waals surface area contributed by atoms with Gasteiger partial charge < -0.3 is 4.79 Å². The smallest absolute Gasteiger partial charge is 0.303 e. The lowest BCUT2D eigenvalue weighted by Crippen LogP contribution is -1.93. The number of aromatic amines is 1. The number of H-pyrrole nitrogens is 1. The van der Waals surface area contributed by atoms with E-state index in [9.17, 15) is 14.9 Å². The summed E-state index contributed by atoms with van der Waals surface area (Å²) in [4.78, 5) is 19.6. The van der Waals surface area contributed by atoms with Crippen LogP contribution in [0.2, 0.25) is 0 Å². The fraction of sp³-hybridized carbons (Fsp3) is 0.200. The molecule has 0 unspecified atom stereocenters. The van der Waals surface area contributed by atoms with E-state index in [1.807, 2.05) is 0 Å². The highest BCUT2D eigenvalue weighted by atomic mass is 16.6. The highest BCUT2D eigenvalue weighted by Gasteiger charge is 2.14. The van der Waals surface area contributed by atoms with Crippen LogP contribution >= 0.6 is 0 Å². The van der Waals surface area contributed by atoms with Gasteiger partial charge in [0.2, 0.25) is 0 Å². The van der Waals surface area contributed by atoms with Crippen LogP contribution in [0.5, 0.6) is 0 Å². The fourth-order valence-electron chi connectivity index (χ4n) is 0.697. The van der Waals surface area contributed by atoms with E-state index in [1.54, 1.807) is 0 Å². The van der Waals surface area contributed by atoms with Gasteiger partial charge in [0.05, 0.1) is 11.3 Å².